The van der Waals surface area contributed by atoms with Crippen LogP contribution in [0.4, 0.5) is 15.8 Å². The van der Waals surface area contributed by atoms with Crippen LogP contribution in [0.1, 0.15) is 11.1 Å². The highest BCUT2D eigenvalue weighted by molar-refractivity contribution is 5.66. The minimum atomic E-state index is -0.221. The highest BCUT2D eigenvalue weighted by Crippen LogP contribution is 2.27. The van der Waals surface area contributed by atoms with Crippen molar-refractivity contribution in [2.75, 3.05) is 18.5 Å². The standard InChI is InChI=1S/C16H19FN2/c1-12-10-13(8-9-18)6-7-16(12)19(2)15-5-3-4-14(17)11-15/h3-7,10-11H,8-9,18H2,1-2H3. The molecule has 2 N–H and O–H groups in total. The predicted octanol–water partition coefficient (Wildman–Crippen LogP) is 3.40. The molecule has 2 rings (SSSR count). The lowest BCUT2D eigenvalue weighted by atomic mass is 10.1. The van der Waals surface area contributed by atoms with E-state index in [-0.39, 0.29) is 5.82 Å². The van der Waals surface area contributed by atoms with Gasteiger partial charge in [0.2, 0.25) is 0 Å². The summed E-state index contributed by atoms with van der Waals surface area (Å²) in [6.07, 6.45) is 0.880. The fourth-order valence-corrected chi connectivity index (χ4v) is 2.24. The Kier molecular flexibility index (Phi) is 4.17. The molecule has 0 atom stereocenters. The van der Waals surface area contributed by atoms with Crippen molar-refractivity contribution < 1.29 is 4.39 Å². The van der Waals surface area contributed by atoms with Crippen LogP contribution in [0.3, 0.4) is 0 Å². The van der Waals surface area contributed by atoms with Crippen LogP contribution in [0.2, 0.25) is 0 Å². The van der Waals surface area contributed by atoms with Crippen molar-refractivity contribution in [3.63, 3.8) is 0 Å². The van der Waals surface area contributed by atoms with Crippen LogP contribution < -0.4 is 10.6 Å². The maximum absolute atomic E-state index is 13.3. The average Bonchev–Trinajstić information content (AvgIpc) is 2.38. The van der Waals surface area contributed by atoms with E-state index in [1.807, 2.05) is 18.0 Å². The lowest BCUT2D eigenvalue weighted by molar-refractivity contribution is 0.628. The molecule has 3 heteroatoms. The fourth-order valence-electron chi connectivity index (χ4n) is 2.24. The molecule has 0 aliphatic rings. The van der Waals surface area contributed by atoms with Gasteiger partial charge in [0, 0.05) is 18.4 Å². The highest BCUT2D eigenvalue weighted by atomic mass is 19.1. The zero-order chi connectivity index (χ0) is 13.8. The molecule has 0 heterocycles. The highest BCUT2D eigenvalue weighted by Gasteiger charge is 2.08. The maximum Gasteiger partial charge on any atom is 0.125 e. The molecule has 0 aliphatic carbocycles. The van der Waals surface area contributed by atoms with Gasteiger partial charge in [-0.05, 0) is 55.3 Å². The Morgan fingerprint density at radius 2 is 1.95 bits per heavy atom. The largest absolute Gasteiger partial charge is 0.344 e. The fraction of sp³-hybridized carbons (Fsp3) is 0.250. The van der Waals surface area contributed by atoms with Gasteiger partial charge in [0.15, 0.2) is 0 Å². The number of nitrogens with two attached hydrogens (primary N) is 1. The summed E-state index contributed by atoms with van der Waals surface area (Å²) >= 11 is 0. The lowest BCUT2D eigenvalue weighted by Crippen LogP contribution is -2.11. The predicted molar refractivity (Wildman–Crippen MR) is 78.4 cm³/mol. The van der Waals surface area contributed by atoms with E-state index in [1.54, 1.807) is 6.07 Å². The number of benzene rings is 2. The Morgan fingerprint density at radius 3 is 2.58 bits per heavy atom. The van der Waals surface area contributed by atoms with E-state index in [2.05, 4.69) is 25.1 Å². The van der Waals surface area contributed by atoms with Gasteiger partial charge in [0.1, 0.15) is 5.82 Å². The van der Waals surface area contributed by atoms with Crippen molar-refractivity contribution >= 4 is 11.4 Å². The number of anilines is 2. The first-order valence-electron chi connectivity index (χ1n) is 6.40. The van der Waals surface area contributed by atoms with Gasteiger partial charge in [-0.15, -0.1) is 0 Å². The van der Waals surface area contributed by atoms with E-state index in [9.17, 15) is 4.39 Å². The quantitative estimate of drug-likeness (QED) is 0.910. The molecule has 2 aromatic rings. The number of rotatable bonds is 4. The zero-order valence-electron chi connectivity index (χ0n) is 11.4. The first-order chi connectivity index (χ1) is 9.11. The topological polar surface area (TPSA) is 29.3 Å². The molecular formula is C16H19FN2. The summed E-state index contributed by atoms with van der Waals surface area (Å²) in [6, 6.07) is 12.9. The van der Waals surface area contributed by atoms with Gasteiger partial charge >= 0.3 is 0 Å². The van der Waals surface area contributed by atoms with Crippen LogP contribution in [-0.2, 0) is 6.42 Å². The van der Waals surface area contributed by atoms with Gasteiger partial charge in [-0.2, -0.15) is 0 Å². The number of halogens is 1. The van der Waals surface area contributed by atoms with Crippen molar-refractivity contribution in [3.05, 3.63) is 59.4 Å². The van der Waals surface area contributed by atoms with E-state index in [0.717, 1.165) is 23.4 Å². The van der Waals surface area contributed by atoms with Gasteiger partial charge in [-0.1, -0.05) is 18.2 Å². The lowest BCUT2D eigenvalue weighted by Gasteiger charge is -2.22. The molecule has 0 spiro atoms. The minimum absolute atomic E-state index is 0.221. The summed E-state index contributed by atoms with van der Waals surface area (Å²) in [5.41, 5.74) is 9.88. The average molecular weight is 258 g/mol. The van der Waals surface area contributed by atoms with Crippen molar-refractivity contribution in [2.24, 2.45) is 5.73 Å². The minimum Gasteiger partial charge on any atom is -0.344 e. The Hall–Kier alpha value is -1.87. The number of hydrogen-bond acceptors (Lipinski definition) is 2. The third-order valence-electron chi connectivity index (χ3n) is 3.25. The molecule has 0 unspecified atom stereocenters. The first kappa shape index (κ1) is 13.6. The molecule has 0 saturated carbocycles. The second kappa shape index (κ2) is 5.85. The first-order valence-corrected chi connectivity index (χ1v) is 6.40. The SMILES string of the molecule is Cc1cc(CCN)ccc1N(C)c1cccc(F)c1. The molecule has 0 amide bonds. The van der Waals surface area contributed by atoms with Crippen LogP contribution >= 0.6 is 0 Å². The van der Waals surface area contributed by atoms with Crippen molar-refractivity contribution in [3.8, 4) is 0 Å². The van der Waals surface area contributed by atoms with E-state index >= 15 is 0 Å². The van der Waals surface area contributed by atoms with E-state index in [0.29, 0.717) is 6.54 Å². The Labute approximate surface area is 113 Å². The summed E-state index contributed by atoms with van der Waals surface area (Å²) in [7, 11) is 1.94. The van der Waals surface area contributed by atoms with E-state index < -0.39 is 0 Å². The Bertz CT molecular complexity index is 566. The van der Waals surface area contributed by atoms with Crippen molar-refractivity contribution in [2.45, 2.75) is 13.3 Å². The third-order valence-corrected chi connectivity index (χ3v) is 3.25. The third kappa shape index (κ3) is 3.12. The normalized spacial score (nSPS) is 10.5. The van der Waals surface area contributed by atoms with Crippen molar-refractivity contribution in [1.29, 1.82) is 0 Å². The van der Waals surface area contributed by atoms with Crippen molar-refractivity contribution in [1.82, 2.24) is 0 Å². The van der Waals surface area contributed by atoms with Crippen LogP contribution in [-0.4, -0.2) is 13.6 Å². The van der Waals surface area contributed by atoms with Crippen LogP contribution in [0.5, 0.6) is 0 Å². The molecule has 2 aromatic carbocycles. The van der Waals surface area contributed by atoms with E-state index in [4.69, 9.17) is 5.73 Å². The summed E-state index contributed by atoms with van der Waals surface area (Å²) < 4.78 is 13.3. The smallest absolute Gasteiger partial charge is 0.125 e. The molecule has 0 aliphatic heterocycles. The monoisotopic (exact) mass is 258 g/mol. The second-order valence-electron chi connectivity index (χ2n) is 4.70. The molecule has 0 bridgehead atoms. The summed E-state index contributed by atoms with van der Waals surface area (Å²) in [5.74, 6) is -0.221. The zero-order valence-corrected chi connectivity index (χ0v) is 11.4. The summed E-state index contributed by atoms with van der Waals surface area (Å²) in [5, 5.41) is 0. The van der Waals surface area contributed by atoms with Gasteiger partial charge in [-0.3, -0.25) is 0 Å². The van der Waals surface area contributed by atoms with Gasteiger partial charge in [-0.25, -0.2) is 4.39 Å². The molecule has 0 saturated heterocycles. The molecule has 100 valence electrons. The van der Waals surface area contributed by atoms with Crippen LogP contribution in [0.25, 0.3) is 0 Å². The van der Waals surface area contributed by atoms with Gasteiger partial charge < -0.3 is 10.6 Å². The Balaban J connectivity index is 2.31. The molecule has 0 fully saturated rings. The molecule has 0 aromatic heterocycles. The van der Waals surface area contributed by atoms with Crippen LogP contribution in [0, 0.1) is 12.7 Å². The number of nitrogens with zero attached hydrogens (tertiary/aromatic N) is 1. The van der Waals surface area contributed by atoms with Crippen LogP contribution in [0.15, 0.2) is 42.5 Å². The molecular weight excluding hydrogens is 239 g/mol. The molecule has 2 nitrogen and oxygen atoms in total. The number of hydrogen-bond donors (Lipinski definition) is 1. The second-order valence-corrected chi connectivity index (χ2v) is 4.70. The van der Waals surface area contributed by atoms with Gasteiger partial charge in [0.25, 0.3) is 0 Å². The summed E-state index contributed by atoms with van der Waals surface area (Å²) in [4.78, 5) is 1.99. The molecule has 0 radical (unpaired) electrons. The van der Waals surface area contributed by atoms with Gasteiger partial charge in [0.05, 0.1) is 0 Å². The molecule has 19 heavy (non-hydrogen) atoms. The number of aryl methyl sites for hydroxylation is 1. The van der Waals surface area contributed by atoms with E-state index in [1.165, 1.54) is 17.7 Å². The Morgan fingerprint density at radius 1 is 1.16 bits per heavy atom. The maximum atomic E-state index is 13.3. The summed E-state index contributed by atoms with van der Waals surface area (Å²) in [6.45, 7) is 2.71.